The SMILES string of the molecule is CCCCCN(C(=O)C(CCC(N)=O)NC(=O)OC(C)(C)C)C(C(=O)NC1CCCCC1)c1cccc(C)c1C. The van der Waals surface area contributed by atoms with Gasteiger partial charge in [0.25, 0.3) is 0 Å². The van der Waals surface area contributed by atoms with Crippen molar-refractivity contribution in [2.75, 3.05) is 6.54 Å². The van der Waals surface area contributed by atoms with Gasteiger partial charge in [-0.1, -0.05) is 57.2 Å². The number of unbranched alkanes of at least 4 members (excludes halogenated alkanes) is 2. The van der Waals surface area contributed by atoms with Crippen LogP contribution in [0, 0.1) is 13.8 Å². The average Bonchev–Trinajstić information content (AvgIpc) is 2.87. The smallest absolute Gasteiger partial charge is 0.408 e. The van der Waals surface area contributed by atoms with Gasteiger partial charge in [0.2, 0.25) is 17.7 Å². The number of benzene rings is 1. The summed E-state index contributed by atoms with van der Waals surface area (Å²) >= 11 is 0. The van der Waals surface area contributed by atoms with Gasteiger partial charge in [-0.15, -0.1) is 0 Å². The van der Waals surface area contributed by atoms with E-state index in [0.717, 1.165) is 61.6 Å². The number of carbonyl (C=O) groups excluding carboxylic acids is 4. The third-order valence-electron chi connectivity index (χ3n) is 7.41. The van der Waals surface area contributed by atoms with Crippen LogP contribution in [0.2, 0.25) is 0 Å². The first-order chi connectivity index (χ1) is 18.8. The molecule has 2 unspecified atom stereocenters. The van der Waals surface area contributed by atoms with Crippen molar-refractivity contribution >= 4 is 23.8 Å². The summed E-state index contributed by atoms with van der Waals surface area (Å²) in [4.78, 5) is 54.3. The van der Waals surface area contributed by atoms with Crippen molar-refractivity contribution in [3.8, 4) is 0 Å². The summed E-state index contributed by atoms with van der Waals surface area (Å²) in [6.07, 6.45) is 6.75. The lowest BCUT2D eigenvalue weighted by atomic mass is 9.92. The minimum Gasteiger partial charge on any atom is -0.444 e. The molecule has 1 fully saturated rings. The fourth-order valence-electron chi connectivity index (χ4n) is 5.14. The van der Waals surface area contributed by atoms with Gasteiger partial charge in [-0.3, -0.25) is 14.4 Å². The Labute approximate surface area is 240 Å². The number of hydrogen-bond donors (Lipinski definition) is 3. The number of hydrogen-bond acceptors (Lipinski definition) is 5. The normalized spacial score (nSPS) is 15.6. The summed E-state index contributed by atoms with van der Waals surface area (Å²) in [6.45, 7) is 11.5. The van der Waals surface area contributed by atoms with Crippen LogP contribution in [-0.4, -0.2) is 52.9 Å². The van der Waals surface area contributed by atoms with E-state index in [1.807, 2.05) is 32.0 Å². The quantitative estimate of drug-likeness (QED) is 0.294. The van der Waals surface area contributed by atoms with Crippen molar-refractivity contribution in [3.63, 3.8) is 0 Å². The van der Waals surface area contributed by atoms with Gasteiger partial charge in [0, 0.05) is 19.0 Å². The van der Waals surface area contributed by atoms with Crippen molar-refractivity contribution in [1.29, 1.82) is 0 Å². The molecule has 0 heterocycles. The van der Waals surface area contributed by atoms with Crippen LogP contribution in [0.1, 0.15) is 115 Å². The molecule has 4 amide bonds. The van der Waals surface area contributed by atoms with E-state index in [0.29, 0.717) is 13.0 Å². The lowest BCUT2D eigenvalue weighted by molar-refractivity contribution is -0.143. The lowest BCUT2D eigenvalue weighted by Gasteiger charge is -2.36. The Morgan fingerprint density at radius 3 is 2.35 bits per heavy atom. The Morgan fingerprint density at radius 1 is 1.07 bits per heavy atom. The van der Waals surface area contributed by atoms with Crippen molar-refractivity contribution < 1.29 is 23.9 Å². The van der Waals surface area contributed by atoms with Crippen molar-refractivity contribution in [2.45, 2.75) is 129 Å². The summed E-state index contributed by atoms with van der Waals surface area (Å²) in [5.41, 5.74) is 7.35. The van der Waals surface area contributed by atoms with Crippen LogP contribution in [0.4, 0.5) is 4.79 Å². The Kier molecular flexibility index (Phi) is 12.9. The number of nitrogens with zero attached hydrogens (tertiary/aromatic N) is 1. The molecule has 9 nitrogen and oxygen atoms in total. The maximum Gasteiger partial charge on any atom is 0.408 e. The van der Waals surface area contributed by atoms with Crippen LogP contribution in [0.15, 0.2) is 18.2 Å². The number of primary amides is 1. The summed E-state index contributed by atoms with van der Waals surface area (Å²) in [6, 6.07) is 3.87. The molecular formula is C31H50N4O5. The van der Waals surface area contributed by atoms with Crippen molar-refractivity contribution in [3.05, 3.63) is 34.9 Å². The maximum absolute atomic E-state index is 14.3. The fraction of sp³-hybridized carbons (Fsp3) is 0.677. The highest BCUT2D eigenvalue weighted by molar-refractivity contribution is 5.92. The van der Waals surface area contributed by atoms with Gasteiger partial charge < -0.3 is 26.0 Å². The molecule has 0 saturated heterocycles. The highest BCUT2D eigenvalue weighted by Crippen LogP contribution is 2.29. The molecule has 1 aliphatic carbocycles. The molecule has 1 saturated carbocycles. The lowest BCUT2D eigenvalue weighted by Crippen LogP contribution is -2.54. The van der Waals surface area contributed by atoms with Gasteiger partial charge in [0.05, 0.1) is 0 Å². The Morgan fingerprint density at radius 2 is 1.75 bits per heavy atom. The third kappa shape index (κ3) is 10.5. The minimum absolute atomic E-state index is 0.00144. The van der Waals surface area contributed by atoms with Crippen molar-refractivity contribution in [2.24, 2.45) is 5.73 Å². The second kappa shape index (κ2) is 15.6. The molecule has 0 spiro atoms. The van der Waals surface area contributed by atoms with Crippen LogP contribution in [0.25, 0.3) is 0 Å². The molecule has 0 aliphatic heterocycles. The van der Waals surface area contributed by atoms with E-state index >= 15 is 0 Å². The first kappa shape index (κ1) is 33.1. The van der Waals surface area contributed by atoms with E-state index in [4.69, 9.17) is 10.5 Å². The van der Waals surface area contributed by atoms with E-state index < -0.39 is 35.6 Å². The highest BCUT2D eigenvalue weighted by atomic mass is 16.6. The van der Waals surface area contributed by atoms with Crippen LogP contribution in [0.5, 0.6) is 0 Å². The van der Waals surface area contributed by atoms with Gasteiger partial charge in [-0.2, -0.15) is 0 Å². The zero-order valence-electron chi connectivity index (χ0n) is 25.3. The predicted molar refractivity (Wildman–Crippen MR) is 156 cm³/mol. The minimum atomic E-state index is -1.08. The van der Waals surface area contributed by atoms with Crippen LogP contribution in [-0.2, 0) is 19.1 Å². The first-order valence-corrected chi connectivity index (χ1v) is 14.8. The van der Waals surface area contributed by atoms with Crippen LogP contribution >= 0.6 is 0 Å². The number of alkyl carbamates (subject to hydrolysis) is 1. The fourth-order valence-corrected chi connectivity index (χ4v) is 5.14. The van der Waals surface area contributed by atoms with Crippen LogP contribution < -0.4 is 16.4 Å². The number of carbonyl (C=O) groups is 4. The molecule has 4 N–H and O–H groups in total. The maximum atomic E-state index is 14.3. The van der Waals surface area contributed by atoms with Crippen molar-refractivity contribution in [1.82, 2.24) is 15.5 Å². The molecular weight excluding hydrogens is 508 g/mol. The molecule has 0 bridgehead atoms. The molecule has 1 aromatic rings. The van der Waals surface area contributed by atoms with E-state index in [1.54, 1.807) is 25.7 Å². The van der Waals surface area contributed by atoms with E-state index in [-0.39, 0.29) is 24.8 Å². The second-order valence-electron chi connectivity index (χ2n) is 12.0. The van der Waals surface area contributed by atoms with E-state index in [2.05, 4.69) is 17.6 Å². The number of ether oxygens (including phenoxy) is 1. The molecule has 1 aromatic carbocycles. The summed E-state index contributed by atoms with van der Waals surface area (Å²) < 4.78 is 5.42. The van der Waals surface area contributed by atoms with Gasteiger partial charge in [-0.25, -0.2) is 4.79 Å². The monoisotopic (exact) mass is 558 g/mol. The summed E-state index contributed by atoms with van der Waals surface area (Å²) in [5, 5.41) is 5.89. The summed E-state index contributed by atoms with van der Waals surface area (Å²) in [7, 11) is 0. The molecule has 2 atom stereocenters. The number of rotatable bonds is 13. The standard InChI is InChI=1S/C31H50N4O5/c1-7-8-12-20-35(29(38)25(18-19-26(32)36)34-30(39)40-31(4,5)6)27(24-17-13-14-21(2)22(24)3)28(37)33-23-15-10-9-11-16-23/h13-14,17,23,25,27H,7-12,15-16,18-20H2,1-6H3,(H2,32,36)(H,33,37)(H,34,39). The first-order valence-electron chi connectivity index (χ1n) is 14.8. The molecule has 1 aliphatic rings. The molecule has 9 heteroatoms. The molecule has 40 heavy (non-hydrogen) atoms. The zero-order valence-corrected chi connectivity index (χ0v) is 25.3. The molecule has 224 valence electrons. The highest BCUT2D eigenvalue weighted by Gasteiger charge is 2.37. The van der Waals surface area contributed by atoms with E-state index in [9.17, 15) is 19.2 Å². The predicted octanol–water partition coefficient (Wildman–Crippen LogP) is 4.97. The number of nitrogens with one attached hydrogen (secondary N) is 2. The molecule has 2 rings (SSSR count). The second-order valence-corrected chi connectivity index (χ2v) is 12.0. The topological polar surface area (TPSA) is 131 Å². The zero-order chi connectivity index (χ0) is 29.9. The molecule has 0 radical (unpaired) electrons. The number of nitrogens with two attached hydrogens (primary N) is 1. The van der Waals surface area contributed by atoms with Crippen LogP contribution in [0.3, 0.4) is 0 Å². The third-order valence-corrected chi connectivity index (χ3v) is 7.41. The Balaban J connectivity index is 2.53. The Bertz CT molecular complexity index is 1010. The van der Waals surface area contributed by atoms with Gasteiger partial charge >= 0.3 is 6.09 Å². The van der Waals surface area contributed by atoms with Gasteiger partial charge in [-0.05, 0) is 77.0 Å². The van der Waals surface area contributed by atoms with Gasteiger partial charge in [0.1, 0.15) is 17.7 Å². The average molecular weight is 559 g/mol. The van der Waals surface area contributed by atoms with E-state index in [1.165, 1.54) is 0 Å². The number of amides is 4. The number of aryl methyl sites for hydroxylation is 1. The largest absolute Gasteiger partial charge is 0.444 e. The Hall–Kier alpha value is -3.10. The summed E-state index contributed by atoms with van der Waals surface area (Å²) in [5.74, 6) is -1.24. The molecule has 0 aromatic heterocycles. The van der Waals surface area contributed by atoms with Gasteiger partial charge in [0.15, 0.2) is 0 Å².